The zero-order valence-electron chi connectivity index (χ0n) is 16.9. The van der Waals surface area contributed by atoms with Crippen LogP contribution >= 0.6 is 0 Å². The maximum atomic E-state index is 13.1. The molecular weight excluding hydrogens is 429 g/mol. The van der Waals surface area contributed by atoms with Crippen molar-refractivity contribution in [1.82, 2.24) is 24.8 Å². The molecule has 0 bridgehead atoms. The van der Waals surface area contributed by atoms with Crippen LogP contribution in [0.15, 0.2) is 35.5 Å². The number of carbonyl (C=O) groups excluding carboxylic acids is 3. The number of hydrogen-bond acceptors (Lipinski definition) is 7. The molecule has 2 aromatic rings. The van der Waals surface area contributed by atoms with Crippen molar-refractivity contribution in [2.45, 2.75) is 44.3 Å². The first-order valence-electron chi connectivity index (χ1n) is 9.58. The molecule has 0 saturated heterocycles. The third kappa shape index (κ3) is 5.20. The number of benzene rings is 1. The number of nitrogens with zero attached hydrogens (tertiary/aromatic N) is 3. The minimum atomic E-state index is -4.11. The molecule has 1 aromatic heterocycles. The van der Waals surface area contributed by atoms with Crippen LogP contribution in [0, 0.1) is 17.7 Å². The lowest BCUT2D eigenvalue weighted by molar-refractivity contribution is -0.142. The molecule has 3 rings (SSSR count). The number of sulfonamides is 1. The molecule has 31 heavy (non-hydrogen) atoms. The second kappa shape index (κ2) is 9.02. The highest BCUT2D eigenvalue weighted by molar-refractivity contribution is 7.89. The van der Waals surface area contributed by atoms with Crippen molar-refractivity contribution in [1.29, 1.82) is 0 Å². The number of hydrogen-bond donors (Lipinski definition) is 2. The van der Waals surface area contributed by atoms with Gasteiger partial charge in [0.15, 0.2) is 11.6 Å². The lowest BCUT2D eigenvalue weighted by Crippen LogP contribution is -2.47. The Balaban J connectivity index is 1.80. The first-order chi connectivity index (χ1) is 14.6. The average molecular weight is 451 g/mol. The molecule has 10 nitrogen and oxygen atoms in total. The van der Waals surface area contributed by atoms with Crippen LogP contribution in [-0.4, -0.2) is 46.7 Å². The average Bonchev–Trinajstić information content (AvgIpc) is 3.15. The van der Waals surface area contributed by atoms with E-state index in [9.17, 15) is 27.2 Å². The van der Waals surface area contributed by atoms with Gasteiger partial charge in [-0.1, -0.05) is 13.8 Å². The zero-order valence-corrected chi connectivity index (χ0v) is 17.7. The first kappa shape index (κ1) is 22.7. The summed E-state index contributed by atoms with van der Waals surface area (Å²) < 4.78 is 42.4. The summed E-state index contributed by atoms with van der Waals surface area (Å²) in [6.45, 7) is 3.37. The third-order valence-corrected chi connectivity index (χ3v) is 6.44. The van der Waals surface area contributed by atoms with Gasteiger partial charge in [0.25, 0.3) is 5.91 Å². The Hall–Kier alpha value is -2.99. The molecule has 2 heterocycles. The van der Waals surface area contributed by atoms with E-state index in [1.807, 2.05) is 0 Å². The third-order valence-electron chi connectivity index (χ3n) is 4.98. The summed E-state index contributed by atoms with van der Waals surface area (Å²) in [5.41, 5.74) is 0. The van der Waals surface area contributed by atoms with Gasteiger partial charge in [-0.3, -0.25) is 14.4 Å². The molecule has 0 saturated carbocycles. The van der Waals surface area contributed by atoms with E-state index in [1.54, 1.807) is 18.4 Å². The van der Waals surface area contributed by atoms with Gasteiger partial charge in [-0.25, -0.2) is 17.5 Å². The fraction of sp³-hybridized carbons (Fsp3) is 0.421. The molecule has 166 valence electrons. The van der Waals surface area contributed by atoms with E-state index in [-0.39, 0.29) is 24.4 Å². The molecule has 2 unspecified atom stereocenters. The quantitative estimate of drug-likeness (QED) is 0.573. The van der Waals surface area contributed by atoms with Crippen molar-refractivity contribution in [3.8, 4) is 0 Å². The number of amides is 1. The van der Waals surface area contributed by atoms with Crippen LogP contribution < -0.4 is 10.0 Å². The number of rotatable bonds is 7. The molecule has 2 atom stereocenters. The maximum Gasteiger partial charge on any atom is 0.288 e. The second-order valence-electron chi connectivity index (χ2n) is 7.61. The minimum absolute atomic E-state index is 0.0237. The van der Waals surface area contributed by atoms with Crippen molar-refractivity contribution in [2.75, 3.05) is 0 Å². The second-order valence-corrected chi connectivity index (χ2v) is 9.32. The summed E-state index contributed by atoms with van der Waals surface area (Å²) in [4.78, 5) is 37.4. The summed E-state index contributed by atoms with van der Waals surface area (Å²) in [5.74, 6) is -3.73. The van der Waals surface area contributed by atoms with Gasteiger partial charge >= 0.3 is 0 Å². The monoisotopic (exact) mass is 451 g/mol. The van der Waals surface area contributed by atoms with Crippen LogP contribution in [0.5, 0.6) is 0 Å². The molecule has 0 spiro atoms. The van der Waals surface area contributed by atoms with Crippen LogP contribution in [0.2, 0.25) is 0 Å². The van der Waals surface area contributed by atoms with Gasteiger partial charge in [-0.15, -0.1) is 10.2 Å². The lowest BCUT2D eigenvalue weighted by Gasteiger charge is -2.24. The van der Waals surface area contributed by atoms with Crippen LogP contribution in [0.1, 0.15) is 26.1 Å². The number of ketones is 2. The normalized spacial score (nSPS) is 18.1. The van der Waals surface area contributed by atoms with Crippen molar-refractivity contribution < 1.29 is 27.2 Å². The largest absolute Gasteiger partial charge is 0.342 e. The summed E-state index contributed by atoms with van der Waals surface area (Å²) in [7, 11) is -4.11. The highest BCUT2D eigenvalue weighted by Crippen LogP contribution is 2.19. The Morgan fingerprint density at radius 2 is 1.97 bits per heavy atom. The molecule has 0 aliphatic carbocycles. The maximum absolute atomic E-state index is 13.1. The summed E-state index contributed by atoms with van der Waals surface area (Å²) in [6, 6.07) is 3.05. The van der Waals surface area contributed by atoms with Gasteiger partial charge in [0.05, 0.1) is 23.4 Å². The van der Waals surface area contributed by atoms with Gasteiger partial charge in [0.1, 0.15) is 12.1 Å². The fourth-order valence-corrected chi connectivity index (χ4v) is 4.64. The van der Waals surface area contributed by atoms with Gasteiger partial charge < -0.3 is 9.88 Å². The Kier molecular flexibility index (Phi) is 6.60. The Bertz CT molecular complexity index is 1100. The molecule has 1 amide bonds. The number of halogens is 1. The highest BCUT2D eigenvalue weighted by Gasteiger charge is 2.35. The zero-order chi connectivity index (χ0) is 22.8. The Labute approximate surface area is 178 Å². The minimum Gasteiger partial charge on any atom is -0.342 e. The summed E-state index contributed by atoms with van der Waals surface area (Å²) in [6.07, 6.45) is 1.05. The van der Waals surface area contributed by atoms with Crippen LogP contribution in [0.25, 0.3) is 0 Å². The highest BCUT2D eigenvalue weighted by atomic mass is 32.2. The number of carbonyl (C=O) groups is 3. The van der Waals surface area contributed by atoms with E-state index >= 15 is 0 Å². The molecule has 0 radical (unpaired) electrons. The smallest absolute Gasteiger partial charge is 0.288 e. The molecule has 2 N–H and O–H groups in total. The van der Waals surface area contributed by atoms with Gasteiger partial charge in [0.2, 0.25) is 15.8 Å². The number of nitrogens with one attached hydrogen (secondary N) is 2. The van der Waals surface area contributed by atoms with Gasteiger partial charge in [0, 0.05) is 13.0 Å². The number of fused-ring (bicyclic) bond motifs is 1. The van der Waals surface area contributed by atoms with Crippen LogP contribution in [-0.2, 0) is 37.5 Å². The van der Waals surface area contributed by atoms with Crippen molar-refractivity contribution in [3.63, 3.8) is 0 Å². The predicted molar refractivity (Wildman–Crippen MR) is 105 cm³/mol. The van der Waals surface area contributed by atoms with Crippen LogP contribution in [0.4, 0.5) is 4.39 Å². The SMILES string of the molecule is CC(C)C(NS(=O)(=O)c1ccc(F)cc1)C(=O)CC1Cn2cnnc2CNC(=O)C1=O. The van der Waals surface area contributed by atoms with Crippen LogP contribution in [0.3, 0.4) is 0 Å². The lowest BCUT2D eigenvalue weighted by atomic mass is 9.90. The summed E-state index contributed by atoms with van der Waals surface area (Å²) in [5, 5.41) is 10.0. The van der Waals surface area contributed by atoms with E-state index in [0.29, 0.717) is 5.82 Å². The standard InChI is InChI=1S/C19H22FN5O5S/c1-11(2)17(24-31(29,30)14-5-3-13(20)4-6-14)15(26)7-12-9-25-10-22-23-16(25)8-21-19(28)18(12)27/h3-6,10-12,17,24H,7-9H2,1-2H3,(H,21,28). The first-order valence-corrected chi connectivity index (χ1v) is 11.1. The Morgan fingerprint density at radius 1 is 1.29 bits per heavy atom. The van der Waals surface area contributed by atoms with Gasteiger partial charge in [-0.2, -0.15) is 0 Å². The number of Topliss-reactive ketones (excluding diaryl/α,β-unsaturated/α-hetero) is 2. The molecule has 1 aliphatic heterocycles. The topological polar surface area (TPSA) is 140 Å². The predicted octanol–water partition coefficient (Wildman–Crippen LogP) is 0.195. The Morgan fingerprint density at radius 3 is 2.61 bits per heavy atom. The van der Waals surface area contributed by atoms with Crippen molar-refractivity contribution in [2.24, 2.45) is 11.8 Å². The van der Waals surface area contributed by atoms with E-state index < -0.39 is 51.2 Å². The van der Waals surface area contributed by atoms with E-state index in [1.165, 1.54) is 6.33 Å². The number of aromatic nitrogens is 3. The van der Waals surface area contributed by atoms with Crippen molar-refractivity contribution in [3.05, 3.63) is 42.2 Å². The molecule has 1 aromatic carbocycles. The van der Waals surface area contributed by atoms with Crippen molar-refractivity contribution >= 4 is 27.5 Å². The van der Waals surface area contributed by atoms with E-state index in [2.05, 4.69) is 20.2 Å². The van der Waals surface area contributed by atoms with E-state index in [4.69, 9.17) is 0 Å². The molecule has 1 aliphatic rings. The van der Waals surface area contributed by atoms with Gasteiger partial charge in [-0.05, 0) is 30.2 Å². The molecule has 12 heteroatoms. The molecular formula is C19H22FN5O5S. The summed E-state index contributed by atoms with van der Waals surface area (Å²) >= 11 is 0. The molecule has 0 fully saturated rings. The van der Waals surface area contributed by atoms with E-state index in [0.717, 1.165) is 24.3 Å². The fourth-order valence-electron chi connectivity index (χ4n) is 3.27.